The van der Waals surface area contributed by atoms with Crippen LogP contribution in [0.5, 0.6) is 0 Å². The average molecular weight is 255 g/mol. The highest BCUT2D eigenvalue weighted by Gasteiger charge is 2.22. The van der Waals surface area contributed by atoms with E-state index in [0.717, 1.165) is 4.31 Å². The maximum absolute atomic E-state index is 11.8. The van der Waals surface area contributed by atoms with E-state index >= 15 is 0 Å². The monoisotopic (exact) mass is 255 g/mol. The summed E-state index contributed by atoms with van der Waals surface area (Å²) in [7, 11) is -2.12. The molecule has 0 saturated heterocycles. The summed E-state index contributed by atoms with van der Waals surface area (Å²) in [5, 5.41) is 8.64. The summed E-state index contributed by atoms with van der Waals surface area (Å²) in [6, 6.07) is 0. The first kappa shape index (κ1) is 15.3. The largest absolute Gasteiger partial charge is 0.481 e. The van der Waals surface area contributed by atoms with Crippen molar-refractivity contribution in [2.45, 2.75) is 19.8 Å². The molecule has 0 heterocycles. The van der Waals surface area contributed by atoms with Gasteiger partial charge in [-0.05, 0) is 12.8 Å². The molecule has 0 aliphatic heterocycles. The third-order valence-corrected chi connectivity index (χ3v) is 4.12. The van der Waals surface area contributed by atoms with Gasteiger partial charge in [-0.25, -0.2) is 12.7 Å². The van der Waals surface area contributed by atoms with Crippen LogP contribution in [-0.2, 0) is 14.8 Å². The van der Waals surface area contributed by atoms with Crippen LogP contribution in [0, 0.1) is 5.92 Å². The van der Waals surface area contributed by atoms with Gasteiger partial charge in [0.25, 0.3) is 0 Å². The molecule has 5 nitrogen and oxygen atoms in total. The van der Waals surface area contributed by atoms with Crippen molar-refractivity contribution in [3.8, 4) is 0 Å². The Morgan fingerprint density at radius 3 is 2.44 bits per heavy atom. The van der Waals surface area contributed by atoms with Crippen LogP contribution < -0.4 is 0 Å². The first-order valence-electron chi connectivity index (χ1n) is 5.04. The van der Waals surface area contributed by atoms with Gasteiger partial charge in [0, 0.05) is 13.6 Å². The van der Waals surface area contributed by atoms with Gasteiger partial charge in [-0.2, -0.15) is 0 Å². The van der Waals surface area contributed by atoms with E-state index in [4.69, 9.17) is 5.11 Å². The van der Waals surface area contributed by atoms with E-state index in [-0.39, 0.29) is 25.1 Å². The van der Waals surface area contributed by atoms with Crippen molar-refractivity contribution in [1.29, 1.82) is 0 Å². The molecular formula is C9H18FNO4S. The van der Waals surface area contributed by atoms with Gasteiger partial charge in [0.1, 0.15) is 0 Å². The summed E-state index contributed by atoms with van der Waals surface area (Å²) >= 11 is 0. The number of unbranched alkanes of at least 4 members (excludes halogenated alkanes) is 1. The van der Waals surface area contributed by atoms with E-state index in [1.165, 1.54) is 14.0 Å². The zero-order valence-corrected chi connectivity index (χ0v) is 10.3. The number of sulfonamides is 1. The minimum absolute atomic E-state index is 0.0622. The Bertz CT molecular complexity index is 317. The number of aliphatic carboxylic acids is 1. The van der Waals surface area contributed by atoms with Gasteiger partial charge in [-0.3, -0.25) is 9.18 Å². The van der Waals surface area contributed by atoms with Crippen LogP contribution in [0.1, 0.15) is 19.8 Å². The van der Waals surface area contributed by atoms with Gasteiger partial charge in [-0.15, -0.1) is 0 Å². The van der Waals surface area contributed by atoms with Crippen molar-refractivity contribution in [2.24, 2.45) is 5.92 Å². The van der Waals surface area contributed by atoms with Gasteiger partial charge in [-0.1, -0.05) is 6.92 Å². The SMILES string of the molecule is CC(CN(C)S(=O)(=O)CCCCF)C(=O)O. The summed E-state index contributed by atoms with van der Waals surface area (Å²) in [6.45, 7) is 0.841. The van der Waals surface area contributed by atoms with E-state index in [0.29, 0.717) is 0 Å². The second kappa shape index (κ2) is 6.80. The first-order valence-corrected chi connectivity index (χ1v) is 6.65. The lowest BCUT2D eigenvalue weighted by atomic mass is 10.2. The van der Waals surface area contributed by atoms with E-state index in [9.17, 15) is 17.6 Å². The molecule has 0 saturated carbocycles. The molecule has 7 heteroatoms. The Labute approximate surface area is 95.3 Å². The zero-order valence-electron chi connectivity index (χ0n) is 9.52. The normalized spacial score (nSPS) is 14.0. The minimum Gasteiger partial charge on any atom is -0.481 e. The number of carboxylic acid groups (broad SMARTS) is 1. The second-order valence-corrected chi connectivity index (χ2v) is 5.93. The molecule has 0 bridgehead atoms. The van der Waals surface area contributed by atoms with Gasteiger partial charge in [0.15, 0.2) is 0 Å². The maximum atomic E-state index is 11.8. The van der Waals surface area contributed by atoms with Crippen LogP contribution in [0.15, 0.2) is 0 Å². The summed E-state index contributed by atoms with van der Waals surface area (Å²) < 4.78 is 36.0. The molecule has 0 fully saturated rings. The molecule has 0 aliphatic carbocycles. The van der Waals surface area contributed by atoms with Crippen molar-refractivity contribution in [3.63, 3.8) is 0 Å². The van der Waals surface area contributed by atoms with Gasteiger partial charge < -0.3 is 5.11 Å². The Kier molecular flexibility index (Phi) is 6.51. The van der Waals surface area contributed by atoms with Gasteiger partial charge in [0.05, 0.1) is 18.3 Å². The third kappa shape index (κ3) is 5.41. The minimum atomic E-state index is -3.46. The van der Waals surface area contributed by atoms with Gasteiger partial charge in [0.2, 0.25) is 10.0 Å². The predicted molar refractivity (Wildman–Crippen MR) is 58.4 cm³/mol. The molecule has 0 aliphatic rings. The highest BCUT2D eigenvalue weighted by atomic mass is 32.2. The quantitative estimate of drug-likeness (QED) is 0.648. The highest BCUT2D eigenvalue weighted by Crippen LogP contribution is 2.06. The van der Waals surface area contributed by atoms with Crippen LogP contribution in [0.25, 0.3) is 0 Å². The van der Waals surface area contributed by atoms with Gasteiger partial charge >= 0.3 is 5.97 Å². The number of nitrogens with zero attached hydrogens (tertiary/aromatic N) is 1. The molecule has 1 N–H and O–H groups in total. The molecule has 0 aromatic rings. The number of hydrogen-bond donors (Lipinski definition) is 1. The molecule has 0 spiro atoms. The molecule has 96 valence electrons. The van der Waals surface area contributed by atoms with Crippen molar-refractivity contribution in [2.75, 3.05) is 26.0 Å². The lowest BCUT2D eigenvalue weighted by Crippen LogP contribution is -2.35. The molecule has 0 aromatic heterocycles. The number of alkyl halides is 1. The maximum Gasteiger partial charge on any atom is 0.307 e. The standard InChI is InChI=1S/C9H18FNO4S/c1-8(9(12)13)7-11(2)16(14,15)6-4-3-5-10/h8H,3-7H2,1-2H3,(H,12,13). The number of hydrogen-bond acceptors (Lipinski definition) is 3. The van der Waals surface area contributed by atoms with Crippen LogP contribution in [0.3, 0.4) is 0 Å². The van der Waals surface area contributed by atoms with Crippen molar-refractivity contribution in [1.82, 2.24) is 4.31 Å². The number of rotatable bonds is 8. The lowest BCUT2D eigenvalue weighted by molar-refractivity contribution is -0.141. The molecule has 0 aromatic carbocycles. The van der Waals surface area contributed by atoms with E-state index in [1.54, 1.807) is 0 Å². The third-order valence-electron chi connectivity index (χ3n) is 2.21. The summed E-state index contributed by atoms with van der Waals surface area (Å²) in [4.78, 5) is 10.6. The fourth-order valence-electron chi connectivity index (χ4n) is 1.11. The molecule has 0 radical (unpaired) electrons. The van der Waals surface area contributed by atoms with Crippen LogP contribution in [0.2, 0.25) is 0 Å². The molecule has 1 atom stereocenters. The second-order valence-electron chi connectivity index (χ2n) is 3.73. The van der Waals surface area contributed by atoms with Crippen LogP contribution in [0.4, 0.5) is 4.39 Å². The fraction of sp³-hybridized carbons (Fsp3) is 0.889. The summed E-state index contributed by atoms with van der Waals surface area (Å²) in [6.07, 6.45) is 0.464. The Morgan fingerprint density at radius 2 is 2.00 bits per heavy atom. The molecule has 0 rings (SSSR count). The van der Waals surface area contributed by atoms with Crippen molar-refractivity contribution >= 4 is 16.0 Å². The number of carbonyl (C=O) groups is 1. The fourth-order valence-corrected chi connectivity index (χ4v) is 2.44. The number of carboxylic acids is 1. The Hall–Kier alpha value is -0.690. The van der Waals surface area contributed by atoms with E-state index in [2.05, 4.69) is 0 Å². The molecule has 16 heavy (non-hydrogen) atoms. The van der Waals surface area contributed by atoms with Crippen LogP contribution >= 0.6 is 0 Å². The summed E-state index contributed by atoms with van der Waals surface area (Å²) in [5.74, 6) is -1.92. The zero-order chi connectivity index (χ0) is 12.8. The van der Waals surface area contributed by atoms with E-state index in [1.807, 2.05) is 0 Å². The van der Waals surface area contributed by atoms with Crippen LogP contribution in [-0.4, -0.2) is 49.8 Å². The lowest BCUT2D eigenvalue weighted by Gasteiger charge is -2.18. The van der Waals surface area contributed by atoms with E-state index < -0.39 is 28.6 Å². The number of halogens is 1. The average Bonchev–Trinajstić information content (AvgIpc) is 2.17. The van der Waals surface area contributed by atoms with Crippen molar-refractivity contribution in [3.05, 3.63) is 0 Å². The topological polar surface area (TPSA) is 74.7 Å². The molecule has 1 unspecified atom stereocenters. The predicted octanol–water partition coefficient (Wildman–Crippen LogP) is 0.718. The Morgan fingerprint density at radius 1 is 1.44 bits per heavy atom. The Balaban J connectivity index is 4.24. The van der Waals surface area contributed by atoms with Crippen molar-refractivity contribution < 1.29 is 22.7 Å². The first-order chi connectivity index (χ1) is 7.31. The smallest absolute Gasteiger partial charge is 0.307 e. The summed E-state index contributed by atoms with van der Waals surface area (Å²) in [5.41, 5.74) is 0. The molecule has 0 amide bonds. The highest BCUT2D eigenvalue weighted by molar-refractivity contribution is 7.89. The molecular weight excluding hydrogens is 237 g/mol.